The highest BCUT2D eigenvalue weighted by molar-refractivity contribution is 6.38. The summed E-state index contributed by atoms with van der Waals surface area (Å²) in [6.45, 7) is 8.05. The number of hydrogen-bond donors (Lipinski definition) is 1. The van der Waals surface area contributed by atoms with E-state index in [1.54, 1.807) is 0 Å². The van der Waals surface area contributed by atoms with Gasteiger partial charge < -0.3 is 10.2 Å². The molecule has 0 saturated heterocycles. The molecule has 0 bridgehead atoms. The molecule has 4 heteroatoms. The topological polar surface area (TPSA) is 44.7 Å². The van der Waals surface area contributed by atoms with Gasteiger partial charge in [-0.3, -0.25) is 9.79 Å². The van der Waals surface area contributed by atoms with E-state index in [1.165, 1.54) is 0 Å². The summed E-state index contributed by atoms with van der Waals surface area (Å²) in [5.41, 5.74) is 0. The van der Waals surface area contributed by atoms with Gasteiger partial charge in [-0.15, -0.1) is 6.58 Å². The Morgan fingerprint density at radius 1 is 1.39 bits per heavy atom. The van der Waals surface area contributed by atoms with Gasteiger partial charge in [0, 0.05) is 19.5 Å². The minimum Gasteiger partial charge on any atom is -0.367 e. The second-order valence-electron chi connectivity index (χ2n) is 4.51. The lowest BCUT2D eigenvalue weighted by Gasteiger charge is -2.11. The smallest absolute Gasteiger partial charge is 0.197 e. The SMILES string of the molecule is C=CCCCC(=O)/C(=N\CC)NCCCN(C)C. The van der Waals surface area contributed by atoms with Crippen molar-refractivity contribution in [2.24, 2.45) is 4.99 Å². The van der Waals surface area contributed by atoms with E-state index in [-0.39, 0.29) is 5.78 Å². The van der Waals surface area contributed by atoms with Crippen molar-refractivity contribution in [3.05, 3.63) is 12.7 Å². The molecule has 0 fully saturated rings. The third-order valence-corrected chi connectivity index (χ3v) is 2.47. The molecule has 1 N–H and O–H groups in total. The van der Waals surface area contributed by atoms with Gasteiger partial charge in [-0.25, -0.2) is 0 Å². The van der Waals surface area contributed by atoms with Crippen LogP contribution >= 0.6 is 0 Å². The average molecular weight is 253 g/mol. The maximum absolute atomic E-state index is 11.9. The summed E-state index contributed by atoms with van der Waals surface area (Å²) in [7, 11) is 4.09. The molecule has 0 aliphatic rings. The number of unbranched alkanes of at least 4 members (excludes halogenated alkanes) is 1. The monoisotopic (exact) mass is 253 g/mol. The minimum atomic E-state index is 0.114. The Labute approximate surface area is 111 Å². The molecule has 0 aromatic heterocycles. The fraction of sp³-hybridized carbons (Fsp3) is 0.714. The largest absolute Gasteiger partial charge is 0.367 e. The number of allylic oxidation sites excluding steroid dienone is 1. The Bertz CT molecular complexity index is 272. The van der Waals surface area contributed by atoms with Crippen molar-refractivity contribution in [2.45, 2.75) is 32.6 Å². The van der Waals surface area contributed by atoms with Crippen LogP contribution < -0.4 is 5.32 Å². The summed E-state index contributed by atoms with van der Waals surface area (Å²) < 4.78 is 0. The molecule has 104 valence electrons. The van der Waals surface area contributed by atoms with Crippen molar-refractivity contribution in [3.63, 3.8) is 0 Å². The van der Waals surface area contributed by atoms with Gasteiger partial charge in [0.15, 0.2) is 11.6 Å². The molecular formula is C14H27N3O. The second-order valence-corrected chi connectivity index (χ2v) is 4.51. The molecule has 4 nitrogen and oxygen atoms in total. The van der Waals surface area contributed by atoms with Crippen molar-refractivity contribution in [3.8, 4) is 0 Å². The number of hydrogen-bond acceptors (Lipinski definition) is 3. The standard InChI is InChI=1S/C14H27N3O/c1-5-7-8-10-13(18)14(15-6-2)16-11-9-12-17(3)4/h5H,1,6-12H2,2-4H3,(H,15,16). The van der Waals surface area contributed by atoms with Crippen molar-refractivity contribution in [1.82, 2.24) is 10.2 Å². The van der Waals surface area contributed by atoms with Crippen LogP contribution in [0.25, 0.3) is 0 Å². The molecular weight excluding hydrogens is 226 g/mol. The van der Waals surface area contributed by atoms with E-state index in [1.807, 2.05) is 27.1 Å². The van der Waals surface area contributed by atoms with Crippen LogP contribution in [0.1, 0.15) is 32.6 Å². The van der Waals surface area contributed by atoms with Gasteiger partial charge in [-0.05, 0) is 46.8 Å². The first kappa shape index (κ1) is 16.8. The van der Waals surface area contributed by atoms with Crippen molar-refractivity contribution in [1.29, 1.82) is 0 Å². The maximum atomic E-state index is 11.9. The molecule has 0 atom stereocenters. The third kappa shape index (κ3) is 8.93. The van der Waals surface area contributed by atoms with Crippen LogP contribution in [-0.4, -0.2) is 50.2 Å². The molecule has 0 aliphatic heterocycles. The lowest BCUT2D eigenvalue weighted by molar-refractivity contribution is -0.113. The number of amidine groups is 1. The van der Waals surface area contributed by atoms with Crippen molar-refractivity contribution in [2.75, 3.05) is 33.7 Å². The maximum Gasteiger partial charge on any atom is 0.197 e. The van der Waals surface area contributed by atoms with Crippen LogP contribution in [0.3, 0.4) is 0 Å². The molecule has 18 heavy (non-hydrogen) atoms. The molecule has 0 spiro atoms. The summed E-state index contributed by atoms with van der Waals surface area (Å²) in [6.07, 6.45) is 5.13. The van der Waals surface area contributed by atoms with E-state index in [4.69, 9.17) is 0 Å². The number of carbonyl (C=O) groups excluding carboxylic acids is 1. The number of nitrogens with one attached hydrogen (secondary N) is 1. The first-order valence-corrected chi connectivity index (χ1v) is 6.69. The zero-order valence-electron chi connectivity index (χ0n) is 12.0. The first-order valence-electron chi connectivity index (χ1n) is 6.69. The van der Waals surface area contributed by atoms with E-state index in [9.17, 15) is 4.79 Å². The second kappa shape index (κ2) is 11.0. The summed E-state index contributed by atoms with van der Waals surface area (Å²) in [5, 5.41) is 3.15. The number of aliphatic imine (C=N–C) groups is 1. The Morgan fingerprint density at radius 2 is 2.11 bits per heavy atom. The zero-order chi connectivity index (χ0) is 13.8. The van der Waals surface area contributed by atoms with Gasteiger partial charge >= 0.3 is 0 Å². The number of carbonyl (C=O) groups is 1. The Morgan fingerprint density at radius 3 is 2.67 bits per heavy atom. The highest BCUT2D eigenvalue weighted by Gasteiger charge is 2.09. The lowest BCUT2D eigenvalue weighted by Crippen LogP contribution is -2.33. The molecule has 0 radical (unpaired) electrons. The van der Waals surface area contributed by atoms with Crippen molar-refractivity contribution >= 4 is 11.6 Å². The molecule has 0 aromatic carbocycles. The molecule has 0 heterocycles. The van der Waals surface area contributed by atoms with Gasteiger partial charge in [0.25, 0.3) is 0 Å². The van der Waals surface area contributed by atoms with E-state index in [2.05, 4.69) is 21.8 Å². The van der Waals surface area contributed by atoms with Gasteiger partial charge in [0.1, 0.15) is 0 Å². The van der Waals surface area contributed by atoms with Crippen LogP contribution in [0.4, 0.5) is 0 Å². The number of rotatable bonds is 10. The molecule has 0 saturated carbocycles. The number of ketones is 1. The minimum absolute atomic E-state index is 0.114. The van der Waals surface area contributed by atoms with Gasteiger partial charge in [0.05, 0.1) is 0 Å². The first-order chi connectivity index (χ1) is 8.61. The normalized spacial score (nSPS) is 11.7. The quantitative estimate of drug-likeness (QED) is 0.280. The molecule has 0 rings (SSSR count). The fourth-order valence-corrected chi connectivity index (χ4v) is 1.53. The van der Waals surface area contributed by atoms with Crippen LogP contribution in [0.2, 0.25) is 0 Å². The summed E-state index contributed by atoms with van der Waals surface area (Å²) in [5.74, 6) is 0.656. The summed E-state index contributed by atoms with van der Waals surface area (Å²) >= 11 is 0. The van der Waals surface area contributed by atoms with Gasteiger partial charge in [-0.2, -0.15) is 0 Å². The van der Waals surface area contributed by atoms with E-state index in [0.717, 1.165) is 32.4 Å². The predicted molar refractivity (Wildman–Crippen MR) is 78.2 cm³/mol. The van der Waals surface area contributed by atoms with Crippen molar-refractivity contribution < 1.29 is 4.79 Å². The predicted octanol–water partition coefficient (Wildman–Crippen LogP) is 1.87. The van der Waals surface area contributed by atoms with Crippen LogP contribution in [-0.2, 0) is 4.79 Å². The summed E-state index contributed by atoms with van der Waals surface area (Å²) in [6, 6.07) is 0. The zero-order valence-corrected chi connectivity index (χ0v) is 12.0. The molecule has 0 aromatic rings. The average Bonchev–Trinajstić information content (AvgIpc) is 2.33. The highest BCUT2D eigenvalue weighted by Crippen LogP contribution is 1.98. The van der Waals surface area contributed by atoms with E-state index < -0.39 is 0 Å². The van der Waals surface area contributed by atoms with Gasteiger partial charge in [-0.1, -0.05) is 6.08 Å². The molecule has 0 amide bonds. The van der Waals surface area contributed by atoms with E-state index >= 15 is 0 Å². The van der Waals surface area contributed by atoms with Gasteiger partial charge in [0.2, 0.25) is 0 Å². The fourth-order valence-electron chi connectivity index (χ4n) is 1.53. The third-order valence-electron chi connectivity index (χ3n) is 2.47. The molecule has 0 unspecified atom stereocenters. The van der Waals surface area contributed by atoms with Crippen LogP contribution in [0.15, 0.2) is 17.6 Å². The van der Waals surface area contributed by atoms with Crippen LogP contribution in [0, 0.1) is 0 Å². The number of Topliss-reactive ketones (excluding diaryl/α,β-unsaturated/α-hetero) is 1. The van der Waals surface area contributed by atoms with E-state index in [0.29, 0.717) is 18.8 Å². The Hall–Kier alpha value is -1.16. The Kier molecular flexibility index (Phi) is 10.3. The summed E-state index contributed by atoms with van der Waals surface area (Å²) in [4.78, 5) is 18.3. The lowest BCUT2D eigenvalue weighted by atomic mass is 10.1. The van der Waals surface area contributed by atoms with Crippen LogP contribution in [0.5, 0.6) is 0 Å². The number of nitrogens with zero attached hydrogens (tertiary/aromatic N) is 2. The molecule has 0 aliphatic carbocycles. The Balaban J connectivity index is 4.01. The highest BCUT2D eigenvalue weighted by atomic mass is 16.1.